The van der Waals surface area contributed by atoms with Crippen LogP contribution in [0.15, 0.2) is 24.3 Å². The summed E-state index contributed by atoms with van der Waals surface area (Å²) in [5.41, 5.74) is 0.700. The number of hydrogen-bond donors (Lipinski definition) is 1. The Morgan fingerprint density at radius 1 is 1.47 bits per heavy atom. The van der Waals surface area contributed by atoms with Gasteiger partial charge in [0.15, 0.2) is 0 Å². The minimum atomic E-state index is -0.389. The van der Waals surface area contributed by atoms with E-state index in [4.69, 9.17) is 0 Å². The number of nitro groups is 1. The molecule has 2 rings (SSSR count). The van der Waals surface area contributed by atoms with Crippen LogP contribution in [0.5, 0.6) is 0 Å². The molecular weight excluding hydrogens is 196 g/mol. The lowest BCUT2D eigenvalue weighted by Gasteiger charge is -2.17. The van der Waals surface area contributed by atoms with E-state index >= 15 is 0 Å². The average Bonchev–Trinajstić information content (AvgIpc) is 2.65. The molecule has 0 spiro atoms. The van der Waals surface area contributed by atoms with E-state index in [1.165, 1.54) is 6.07 Å². The zero-order valence-corrected chi connectivity index (χ0v) is 8.17. The lowest BCUT2D eigenvalue weighted by atomic mass is 10.2. The topological polar surface area (TPSA) is 66.6 Å². The van der Waals surface area contributed by atoms with E-state index in [9.17, 15) is 15.2 Å². The Labute approximate surface area is 87.1 Å². The number of β-amino-alcohol motifs (C(OH)–C–C–N with tert-alkyl or cyclic N) is 1. The molecule has 0 aliphatic carbocycles. The maximum atomic E-state index is 10.8. The van der Waals surface area contributed by atoms with E-state index in [2.05, 4.69) is 0 Å². The van der Waals surface area contributed by atoms with Gasteiger partial charge < -0.3 is 10.0 Å². The first-order valence-electron chi connectivity index (χ1n) is 4.85. The van der Waals surface area contributed by atoms with Crippen LogP contribution in [0.25, 0.3) is 0 Å². The Morgan fingerprint density at radius 3 is 2.80 bits per heavy atom. The summed E-state index contributed by atoms with van der Waals surface area (Å²) in [7, 11) is 0. The Bertz CT molecular complexity index is 381. The van der Waals surface area contributed by atoms with Gasteiger partial charge in [0.25, 0.3) is 5.69 Å². The fourth-order valence-electron chi connectivity index (χ4n) is 1.85. The molecule has 1 heterocycles. The second-order valence-corrected chi connectivity index (χ2v) is 3.63. The molecule has 1 aromatic carbocycles. The van der Waals surface area contributed by atoms with Gasteiger partial charge in [-0.1, -0.05) is 12.1 Å². The summed E-state index contributed by atoms with van der Waals surface area (Å²) in [5, 5.41) is 20.2. The van der Waals surface area contributed by atoms with Gasteiger partial charge in [-0.25, -0.2) is 0 Å². The van der Waals surface area contributed by atoms with Crippen molar-refractivity contribution in [2.45, 2.75) is 12.5 Å². The van der Waals surface area contributed by atoms with E-state index in [-0.39, 0.29) is 16.7 Å². The SMILES string of the molecule is O=[N+]([O-])c1ccccc1N1CC[C@@H](O)C1. The maximum Gasteiger partial charge on any atom is 0.292 e. The van der Waals surface area contributed by atoms with Crippen LogP contribution in [-0.4, -0.2) is 29.2 Å². The molecule has 0 unspecified atom stereocenters. The molecule has 1 fully saturated rings. The van der Waals surface area contributed by atoms with Gasteiger partial charge in [-0.3, -0.25) is 10.1 Å². The third-order valence-electron chi connectivity index (χ3n) is 2.58. The number of hydrogen-bond acceptors (Lipinski definition) is 4. The molecule has 0 saturated carbocycles. The van der Waals surface area contributed by atoms with Crippen molar-refractivity contribution in [2.24, 2.45) is 0 Å². The quantitative estimate of drug-likeness (QED) is 0.585. The summed E-state index contributed by atoms with van der Waals surface area (Å²) in [4.78, 5) is 12.2. The summed E-state index contributed by atoms with van der Waals surface area (Å²) in [5.74, 6) is 0. The average molecular weight is 208 g/mol. The normalized spacial score (nSPS) is 20.6. The van der Waals surface area contributed by atoms with Crippen LogP contribution in [0.3, 0.4) is 0 Å². The summed E-state index contributed by atoms with van der Waals surface area (Å²) in [6, 6.07) is 6.62. The number of anilines is 1. The van der Waals surface area contributed by atoms with Crippen LogP contribution in [-0.2, 0) is 0 Å². The fourth-order valence-corrected chi connectivity index (χ4v) is 1.85. The zero-order chi connectivity index (χ0) is 10.8. The molecule has 0 aromatic heterocycles. The highest BCUT2D eigenvalue weighted by atomic mass is 16.6. The van der Waals surface area contributed by atoms with Crippen molar-refractivity contribution in [3.63, 3.8) is 0 Å². The molecule has 1 N–H and O–H groups in total. The van der Waals surface area contributed by atoms with Gasteiger partial charge in [0, 0.05) is 19.2 Å². The lowest BCUT2D eigenvalue weighted by molar-refractivity contribution is -0.384. The summed E-state index contributed by atoms with van der Waals surface area (Å²) in [6.07, 6.45) is 0.302. The van der Waals surface area contributed by atoms with E-state index in [0.717, 1.165) is 0 Å². The van der Waals surface area contributed by atoms with Crippen molar-refractivity contribution in [3.8, 4) is 0 Å². The van der Waals surface area contributed by atoms with Gasteiger partial charge >= 0.3 is 0 Å². The van der Waals surface area contributed by atoms with E-state index in [1.54, 1.807) is 18.2 Å². The molecule has 5 heteroatoms. The minimum absolute atomic E-state index is 0.103. The van der Waals surface area contributed by atoms with Crippen molar-refractivity contribution in [1.29, 1.82) is 0 Å². The molecule has 1 aromatic rings. The maximum absolute atomic E-state index is 10.8. The molecular formula is C10H12N2O3. The minimum Gasteiger partial charge on any atom is -0.391 e. The molecule has 5 nitrogen and oxygen atoms in total. The predicted molar refractivity (Wildman–Crippen MR) is 55.9 cm³/mol. The Hall–Kier alpha value is -1.62. The molecule has 0 radical (unpaired) electrons. The lowest BCUT2D eigenvalue weighted by Crippen LogP contribution is -2.21. The number of nitrogens with zero attached hydrogens (tertiary/aromatic N) is 2. The van der Waals surface area contributed by atoms with Crippen LogP contribution in [0, 0.1) is 10.1 Å². The molecule has 1 aliphatic heterocycles. The van der Waals surface area contributed by atoms with Crippen LogP contribution in [0.4, 0.5) is 11.4 Å². The van der Waals surface area contributed by atoms with Crippen molar-refractivity contribution >= 4 is 11.4 Å². The zero-order valence-electron chi connectivity index (χ0n) is 8.17. The number of rotatable bonds is 2. The Kier molecular flexibility index (Phi) is 2.55. The molecule has 0 bridgehead atoms. The molecule has 1 saturated heterocycles. The van der Waals surface area contributed by atoms with E-state index < -0.39 is 0 Å². The van der Waals surface area contributed by atoms with Gasteiger partial charge in [0.1, 0.15) is 5.69 Å². The predicted octanol–water partition coefficient (Wildman–Crippen LogP) is 1.17. The third kappa shape index (κ3) is 1.92. The largest absolute Gasteiger partial charge is 0.391 e. The second-order valence-electron chi connectivity index (χ2n) is 3.63. The van der Waals surface area contributed by atoms with Gasteiger partial charge in [0.2, 0.25) is 0 Å². The van der Waals surface area contributed by atoms with Gasteiger partial charge in [0.05, 0.1) is 11.0 Å². The highest BCUT2D eigenvalue weighted by Gasteiger charge is 2.25. The van der Waals surface area contributed by atoms with Gasteiger partial charge in [-0.05, 0) is 12.5 Å². The first-order chi connectivity index (χ1) is 7.18. The summed E-state index contributed by atoms with van der Waals surface area (Å²) >= 11 is 0. The monoisotopic (exact) mass is 208 g/mol. The number of aliphatic hydroxyl groups excluding tert-OH is 1. The second kappa shape index (κ2) is 3.86. The molecule has 1 aliphatic rings. The molecule has 80 valence electrons. The highest BCUT2D eigenvalue weighted by molar-refractivity contribution is 5.63. The van der Waals surface area contributed by atoms with Crippen molar-refractivity contribution in [3.05, 3.63) is 34.4 Å². The molecule has 1 atom stereocenters. The smallest absolute Gasteiger partial charge is 0.292 e. The molecule has 0 amide bonds. The van der Waals surface area contributed by atoms with Crippen LogP contribution >= 0.6 is 0 Å². The number of benzene rings is 1. The summed E-state index contributed by atoms with van der Waals surface area (Å²) in [6.45, 7) is 1.15. The Morgan fingerprint density at radius 2 is 2.20 bits per heavy atom. The molecule has 15 heavy (non-hydrogen) atoms. The van der Waals surface area contributed by atoms with Crippen molar-refractivity contribution in [2.75, 3.05) is 18.0 Å². The van der Waals surface area contributed by atoms with E-state index in [0.29, 0.717) is 25.2 Å². The fraction of sp³-hybridized carbons (Fsp3) is 0.400. The number of para-hydroxylation sites is 2. The summed E-state index contributed by atoms with van der Waals surface area (Å²) < 4.78 is 0. The van der Waals surface area contributed by atoms with E-state index in [1.807, 2.05) is 4.90 Å². The number of aliphatic hydroxyl groups is 1. The number of nitro benzene ring substituents is 1. The van der Waals surface area contributed by atoms with Crippen molar-refractivity contribution in [1.82, 2.24) is 0 Å². The van der Waals surface area contributed by atoms with Crippen LogP contribution < -0.4 is 4.90 Å². The third-order valence-corrected chi connectivity index (χ3v) is 2.58. The Balaban J connectivity index is 2.31. The van der Waals surface area contributed by atoms with Crippen LogP contribution in [0.1, 0.15) is 6.42 Å². The highest BCUT2D eigenvalue weighted by Crippen LogP contribution is 2.29. The first kappa shape index (κ1) is 9.92. The standard InChI is InChI=1S/C10H12N2O3/c13-8-5-6-11(7-8)9-3-1-2-4-10(9)12(14)15/h1-4,8,13H,5-7H2/t8-/m1/s1. The van der Waals surface area contributed by atoms with Crippen molar-refractivity contribution < 1.29 is 10.0 Å². The van der Waals surface area contributed by atoms with Gasteiger partial charge in [-0.15, -0.1) is 0 Å². The first-order valence-corrected chi connectivity index (χ1v) is 4.85. The van der Waals surface area contributed by atoms with Crippen LogP contribution in [0.2, 0.25) is 0 Å². The van der Waals surface area contributed by atoms with Gasteiger partial charge in [-0.2, -0.15) is 0 Å².